The number of halogens is 1. The van der Waals surface area contributed by atoms with Gasteiger partial charge in [0.2, 0.25) is 0 Å². The normalized spacial score (nSPS) is 24.0. The van der Waals surface area contributed by atoms with Gasteiger partial charge in [-0.3, -0.25) is 9.59 Å². The molecule has 2 aromatic rings. The fraction of sp³-hybridized carbons (Fsp3) is 0.481. The Labute approximate surface area is 186 Å². The summed E-state index contributed by atoms with van der Waals surface area (Å²) in [5, 5.41) is 0. The molecule has 0 spiro atoms. The van der Waals surface area contributed by atoms with Crippen molar-refractivity contribution < 1.29 is 9.59 Å². The number of benzene rings is 2. The molecular formula is C27H33ClO2. The standard InChI is InChI=1S/C27H32O2.ClH/c28-24(16-22-18-26(22)20-10-4-1-5-11-20)14-8-3-9-15-25(29)17-23-19-27(23)21-12-6-2-7-13-21;/h1-2,4-7,10-13,22-23,26-27H,3,8-9,14-19H2;1H/t22-,23-,26+,27+;/m0./s1. The zero-order valence-corrected chi connectivity index (χ0v) is 18.5. The molecule has 2 aliphatic rings. The lowest BCUT2D eigenvalue weighted by molar-refractivity contribution is -0.119. The van der Waals surface area contributed by atoms with E-state index in [2.05, 4.69) is 48.5 Å². The van der Waals surface area contributed by atoms with Crippen molar-refractivity contribution in [3.8, 4) is 0 Å². The molecular weight excluding hydrogens is 392 g/mol. The van der Waals surface area contributed by atoms with Gasteiger partial charge in [-0.2, -0.15) is 0 Å². The lowest BCUT2D eigenvalue weighted by Gasteiger charge is -2.03. The topological polar surface area (TPSA) is 34.1 Å². The minimum atomic E-state index is 0. The average molecular weight is 425 g/mol. The number of rotatable bonds is 12. The van der Waals surface area contributed by atoms with Crippen molar-refractivity contribution in [1.82, 2.24) is 0 Å². The molecule has 0 saturated heterocycles. The van der Waals surface area contributed by atoms with E-state index >= 15 is 0 Å². The Morgan fingerprint density at radius 2 is 1.03 bits per heavy atom. The summed E-state index contributed by atoms with van der Waals surface area (Å²) in [5.74, 6) is 3.12. The second-order valence-corrected chi connectivity index (χ2v) is 9.07. The highest BCUT2D eigenvalue weighted by Gasteiger charge is 2.39. The summed E-state index contributed by atoms with van der Waals surface area (Å²) >= 11 is 0. The molecule has 0 radical (unpaired) electrons. The first-order valence-electron chi connectivity index (χ1n) is 11.3. The van der Waals surface area contributed by atoms with Crippen LogP contribution < -0.4 is 0 Å². The number of hydrogen-bond donors (Lipinski definition) is 0. The SMILES string of the molecule is Cl.O=C(CCCCCC(=O)C[C@H]1C[C@@H]1c1ccccc1)C[C@H]1C[C@@H]1c1ccccc1. The van der Waals surface area contributed by atoms with Crippen LogP contribution in [0, 0.1) is 11.8 Å². The van der Waals surface area contributed by atoms with Gasteiger partial charge in [0.1, 0.15) is 11.6 Å². The predicted octanol–water partition coefficient (Wildman–Crippen LogP) is 6.88. The summed E-state index contributed by atoms with van der Waals surface area (Å²) < 4.78 is 0. The maximum absolute atomic E-state index is 12.2. The Morgan fingerprint density at radius 3 is 1.43 bits per heavy atom. The van der Waals surface area contributed by atoms with Crippen molar-refractivity contribution >= 4 is 24.0 Å². The van der Waals surface area contributed by atoms with Crippen LogP contribution in [-0.2, 0) is 9.59 Å². The predicted molar refractivity (Wildman–Crippen MR) is 124 cm³/mol. The minimum absolute atomic E-state index is 0. The van der Waals surface area contributed by atoms with Crippen LogP contribution in [0.3, 0.4) is 0 Å². The molecule has 160 valence electrons. The number of carbonyl (C=O) groups is 2. The zero-order valence-electron chi connectivity index (χ0n) is 17.7. The third-order valence-electron chi connectivity index (χ3n) is 6.69. The van der Waals surface area contributed by atoms with Gasteiger partial charge in [0, 0.05) is 25.7 Å². The van der Waals surface area contributed by atoms with Gasteiger partial charge in [-0.1, -0.05) is 67.1 Å². The van der Waals surface area contributed by atoms with Crippen LogP contribution in [0.25, 0.3) is 0 Å². The van der Waals surface area contributed by atoms with E-state index in [1.807, 2.05) is 12.1 Å². The van der Waals surface area contributed by atoms with Crippen molar-refractivity contribution in [2.45, 2.75) is 69.6 Å². The molecule has 0 aliphatic heterocycles. The Kier molecular flexibility index (Phi) is 8.27. The monoisotopic (exact) mass is 424 g/mol. The molecule has 0 unspecified atom stereocenters. The fourth-order valence-electron chi connectivity index (χ4n) is 4.77. The van der Waals surface area contributed by atoms with Gasteiger partial charge in [0.25, 0.3) is 0 Å². The maximum Gasteiger partial charge on any atom is 0.133 e. The molecule has 0 N–H and O–H groups in total. The van der Waals surface area contributed by atoms with E-state index in [0.717, 1.165) is 44.9 Å². The summed E-state index contributed by atoms with van der Waals surface area (Å²) in [6.07, 6.45) is 8.04. The molecule has 2 aromatic carbocycles. The van der Waals surface area contributed by atoms with Gasteiger partial charge < -0.3 is 0 Å². The molecule has 3 heteroatoms. The summed E-state index contributed by atoms with van der Waals surface area (Å²) in [4.78, 5) is 24.5. The van der Waals surface area contributed by atoms with Gasteiger partial charge >= 0.3 is 0 Å². The van der Waals surface area contributed by atoms with E-state index < -0.39 is 0 Å². The summed E-state index contributed by atoms with van der Waals surface area (Å²) in [7, 11) is 0. The first-order valence-corrected chi connectivity index (χ1v) is 11.3. The highest BCUT2D eigenvalue weighted by molar-refractivity contribution is 5.85. The van der Waals surface area contributed by atoms with E-state index in [1.54, 1.807) is 0 Å². The lowest BCUT2D eigenvalue weighted by atomic mass is 10.0. The number of ketones is 2. The van der Waals surface area contributed by atoms with Crippen LogP contribution in [0.4, 0.5) is 0 Å². The quantitative estimate of drug-likeness (QED) is 0.348. The van der Waals surface area contributed by atoms with Crippen LogP contribution >= 0.6 is 12.4 Å². The summed E-state index contributed by atoms with van der Waals surface area (Å²) in [6.45, 7) is 0. The van der Waals surface area contributed by atoms with Gasteiger partial charge in [-0.25, -0.2) is 0 Å². The Balaban J connectivity index is 0.00000256. The van der Waals surface area contributed by atoms with E-state index in [1.165, 1.54) is 11.1 Å². The molecule has 2 saturated carbocycles. The smallest absolute Gasteiger partial charge is 0.133 e. The molecule has 0 aromatic heterocycles. The lowest BCUT2D eigenvalue weighted by Crippen LogP contribution is -2.02. The first kappa shape index (κ1) is 22.7. The highest BCUT2D eigenvalue weighted by Crippen LogP contribution is 2.50. The number of Topliss-reactive ketones (excluding diaryl/α,β-unsaturated/α-hetero) is 2. The summed E-state index contributed by atoms with van der Waals surface area (Å²) in [5.41, 5.74) is 2.77. The number of unbranched alkanes of at least 4 members (excludes halogenated alkanes) is 2. The van der Waals surface area contributed by atoms with Gasteiger partial charge in [0.15, 0.2) is 0 Å². The van der Waals surface area contributed by atoms with Crippen LogP contribution in [0.5, 0.6) is 0 Å². The van der Waals surface area contributed by atoms with Gasteiger partial charge in [0.05, 0.1) is 0 Å². The van der Waals surface area contributed by atoms with E-state index in [-0.39, 0.29) is 12.4 Å². The third-order valence-corrected chi connectivity index (χ3v) is 6.69. The fourth-order valence-corrected chi connectivity index (χ4v) is 4.77. The number of carbonyl (C=O) groups excluding carboxylic acids is 2. The minimum Gasteiger partial charge on any atom is -0.300 e. The number of hydrogen-bond acceptors (Lipinski definition) is 2. The Morgan fingerprint density at radius 1 is 0.633 bits per heavy atom. The molecule has 2 fully saturated rings. The van der Waals surface area contributed by atoms with Gasteiger partial charge in [-0.05, 0) is 60.5 Å². The maximum atomic E-state index is 12.2. The van der Waals surface area contributed by atoms with Crippen LogP contribution in [0.15, 0.2) is 60.7 Å². The van der Waals surface area contributed by atoms with Crippen molar-refractivity contribution in [2.75, 3.05) is 0 Å². The molecule has 0 heterocycles. The van der Waals surface area contributed by atoms with Crippen molar-refractivity contribution in [3.63, 3.8) is 0 Å². The highest BCUT2D eigenvalue weighted by atomic mass is 35.5. The first-order chi connectivity index (χ1) is 14.2. The second-order valence-electron chi connectivity index (χ2n) is 9.07. The van der Waals surface area contributed by atoms with Crippen LogP contribution in [0.2, 0.25) is 0 Å². The Hall–Kier alpha value is -1.93. The van der Waals surface area contributed by atoms with E-state index in [4.69, 9.17) is 0 Å². The van der Waals surface area contributed by atoms with Crippen LogP contribution in [0.1, 0.15) is 80.8 Å². The van der Waals surface area contributed by atoms with Crippen molar-refractivity contribution in [3.05, 3.63) is 71.8 Å². The molecule has 4 atom stereocenters. The van der Waals surface area contributed by atoms with Crippen LogP contribution in [-0.4, -0.2) is 11.6 Å². The average Bonchev–Trinajstić information content (AvgIpc) is 3.66. The molecule has 0 bridgehead atoms. The largest absolute Gasteiger partial charge is 0.300 e. The molecule has 2 aliphatic carbocycles. The molecule has 4 rings (SSSR count). The van der Waals surface area contributed by atoms with E-state index in [0.29, 0.717) is 48.1 Å². The molecule has 2 nitrogen and oxygen atoms in total. The van der Waals surface area contributed by atoms with Crippen molar-refractivity contribution in [2.24, 2.45) is 11.8 Å². The summed E-state index contributed by atoms with van der Waals surface area (Å²) in [6, 6.07) is 21.1. The zero-order chi connectivity index (χ0) is 20.1. The van der Waals surface area contributed by atoms with E-state index in [9.17, 15) is 9.59 Å². The third kappa shape index (κ3) is 6.54. The van der Waals surface area contributed by atoms with Crippen molar-refractivity contribution in [1.29, 1.82) is 0 Å². The molecule has 30 heavy (non-hydrogen) atoms. The second kappa shape index (κ2) is 10.9. The Bertz CT molecular complexity index is 748. The molecule has 0 amide bonds. The van der Waals surface area contributed by atoms with Gasteiger partial charge in [-0.15, -0.1) is 12.4 Å².